The second kappa shape index (κ2) is 9.76. The van der Waals surface area contributed by atoms with E-state index in [1.165, 1.54) is 0 Å². The minimum absolute atomic E-state index is 0.157. The van der Waals surface area contributed by atoms with Gasteiger partial charge in [-0.05, 0) is 85.8 Å². The van der Waals surface area contributed by atoms with Crippen LogP contribution in [0.3, 0.4) is 0 Å². The quantitative estimate of drug-likeness (QED) is 0.278. The molecular weight excluding hydrogens is 452 g/mol. The van der Waals surface area contributed by atoms with E-state index in [9.17, 15) is 9.59 Å². The molecule has 2 amide bonds. The minimum atomic E-state index is -0.208. The van der Waals surface area contributed by atoms with Gasteiger partial charge in [-0.1, -0.05) is 17.7 Å². The number of benzene rings is 4. The number of hydrogen-bond donors (Lipinski definition) is 3. The highest BCUT2D eigenvalue weighted by Crippen LogP contribution is 2.25. The number of aryl methyl sites for hydroxylation is 1. The summed E-state index contributed by atoms with van der Waals surface area (Å²) in [4.78, 5) is 33.0. The topological polar surface area (TPSA) is 96.1 Å². The number of nitrogens with one attached hydrogen (secondary N) is 3. The van der Waals surface area contributed by atoms with Crippen LogP contribution in [0, 0.1) is 6.92 Å². The Labute approximate surface area is 208 Å². The minimum Gasteiger partial charge on any atom is -0.497 e. The molecule has 0 saturated carbocycles. The Balaban J connectivity index is 1.28. The van der Waals surface area contributed by atoms with Gasteiger partial charge in [-0.2, -0.15) is 0 Å². The second-order valence-corrected chi connectivity index (χ2v) is 8.40. The molecule has 7 nitrogen and oxygen atoms in total. The molecule has 1 heterocycles. The molecule has 5 rings (SSSR count). The number of H-pyrrole nitrogens is 1. The van der Waals surface area contributed by atoms with Crippen LogP contribution in [0.2, 0.25) is 0 Å². The average Bonchev–Trinajstić information content (AvgIpc) is 3.33. The van der Waals surface area contributed by atoms with Gasteiger partial charge in [0, 0.05) is 28.1 Å². The Hall–Kier alpha value is -4.91. The van der Waals surface area contributed by atoms with Crippen molar-refractivity contribution in [3.8, 4) is 17.1 Å². The van der Waals surface area contributed by atoms with Gasteiger partial charge in [0.2, 0.25) is 0 Å². The monoisotopic (exact) mass is 476 g/mol. The van der Waals surface area contributed by atoms with Crippen LogP contribution in [-0.4, -0.2) is 28.9 Å². The van der Waals surface area contributed by atoms with Gasteiger partial charge < -0.3 is 20.4 Å². The van der Waals surface area contributed by atoms with Gasteiger partial charge in [-0.25, -0.2) is 4.98 Å². The van der Waals surface area contributed by atoms with Crippen LogP contribution < -0.4 is 15.4 Å². The summed E-state index contributed by atoms with van der Waals surface area (Å²) in [5.74, 6) is 1.02. The van der Waals surface area contributed by atoms with Crippen molar-refractivity contribution in [3.05, 3.63) is 108 Å². The molecule has 0 bridgehead atoms. The first-order valence-electron chi connectivity index (χ1n) is 11.4. The molecule has 3 N–H and O–H groups in total. The normalized spacial score (nSPS) is 10.7. The number of amides is 2. The first kappa shape index (κ1) is 22.9. The number of carbonyl (C=O) groups is 2. The number of anilines is 2. The lowest BCUT2D eigenvalue weighted by Gasteiger charge is -2.06. The van der Waals surface area contributed by atoms with Crippen LogP contribution in [0.1, 0.15) is 26.3 Å². The lowest BCUT2D eigenvalue weighted by molar-refractivity contribution is 0.101. The molecule has 0 aliphatic rings. The fourth-order valence-corrected chi connectivity index (χ4v) is 3.79. The smallest absolute Gasteiger partial charge is 0.255 e. The molecular formula is C29H24N4O3. The zero-order valence-corrected chi connectivity index (χ0v) is 19.8. The van der Waals surface area contributed by atoms with Gasteiger partial charge in [0.05, 0.1) is 18.1 Å². The zero-order chi connectivity index (χ0) is 25.1. The van der Waals surface area contributed by atoms with Crippen LogP contribution >= 0.6 is 0 Å². The molecule has 0 unspecified atom stereocenters. The van der Waals surface area contributed by atoms with Crippen molar-refractivity contribution in [3.63, 3.8) is 0 Å². The Bertz CT molecular complexity index is 1540. The molecule has 0 radical (unpaired) electrons. The van der Waals surface area contributed by atoms with Gasteiger partial charge in [-0.15, -0.1) is 0 Å². The van der Waals surface area contributed by atoms with Crippen molar-refractivity contribution in [1.29, 1.82) is 0 Å². The third-order valence-electron chi connectivity index (χ3n) is 5.82. The van der Waals surface area contributed by atoms with E-state index in [4.69, 9.17) is 4.74 Å². The maximum atomic E-state index is 12.6. The number of methoxy groups -OCH3 is 1. The molecule has 36 heavy (non-hydrogen) atoms. The summed E-state index contributed by atoms with van der Waals surface area (Å²) < 4.78 is 5.14. The summed E-state index contributed by atoms with van der Waals surface area (Å²) in [6.45, 7) is 1.98. The maximum absolute atomic E-state index is 12.6. The van der Waals surface area contributed by atoms with Crippen molar-refractivity contribution >= 4 is 34.2 Å². The van der Waals surface area contributed by atoms with E-state index in [0.717, 1.165) is 22.2 Å². The largest absolute Gasteiger partial charge is 0.497 e. The van der Waals surface area contributed by atoms with Crippen molar-refractivity contribution < 1.29 is 14.3 Å². The summed E-state index contributed by atoms with van der Waals surface area (Å²) in [6, 6.07) is 27.4. The SMILES string of the molecule is COc1ccc(C(=O)Nc2ccc3nc(-c4ccc(NC(=O)c5ccc(C)cc5)cc4)[nH]c3c2)cc1. The van der Waals surface area contributed by atoms with Crippen LogP contribution in [0.4, 0.5) is 11.4 Å². The molecule has 0 aliphatic heterocycles. The zero-order valence-electron chi connectivity index (χ0n) is 19.8. The van der Waals surface area contributed by atoms with E-state index in [1.54, 1.807) is 43.5 Å². The lowest BCUT2D eigenvalue weighted by atomic mass is 10.1. The van der Waals surface area contributed by atoms with E-state index < -0.39 is 0 Å². The number of aromatic amines is 1. The molecule has 178 valence electrons. The van der Waals surface area contributed by atoms with Gasteiger partial charge in [0.15, 0.2) is 0 Å². The first-order chi connectivity index (χ1) is 17.5. The third kappa shape index (κ3) is 4.95. The number of ether oxygens (including phenoxy) is 1. The standard InChI is InChI=1S/C29H24N4O3/c1-18-3-5-20(6-4-18)28(34)30-22-11-7-19(8-12-22)27-32-25-16-13-23(17-26(25)33-27)31-29(35)21-9-14-24(36-2)15-10-21/h3-17H,1-2H3,(H,30,34)(H,31,35)(H,32,33). The van der Waals surface area contributed by atoms with Crippen LogP contribution in [0.25, 0.3) is 22.4 Å². The number of aromatic nitrogens is 2. The van der Waals surface area contributed by atoms with Crippen molar-refractivity contribution in [1.82, 2.24) is 9.97 Å². The summed E-state index contributed by atoms with van der Waals surface area (Å²) in [7, 11) is 1.59. The highest BCUT2D eigenvalue weighted by Gasteiger charge is 2.11. The molecule has 0 saturated heterocycles. The highest BCUT2D eigenvalue weighted by molar-refractivity contribution is 6.05. The van der Waals surface area contributed by atoms with Crippen molar-refractivity contribution in [2.45, 2.75) is 6.92 Å². The van der Waals surface area contributed by atoms with Crippen LogP contribution in [0.15, 0.2) is 91.0 Å². The lowest BCUT2D eigenvalue weighted by Crippen LogP contribution is -2.11. The molecule has 0 aliphatic carbocycles. The predicted octanol–water partition coefficient (Wildman–Crippen LogP) is 6.05. The number of rotatable bonds is 6. The summed E-state index contributed by atoms with van der Waals surface area (Å²) >= 11 is 0. The van der Waals surface area contributed by atoms with E-state index in [2.05, 4.69) is 20.6 Å². The van der Waals surface area contributed by atoms with Crippen LogP contribution in [0.5, 0.6) is 5.75 Å². The second-order valence-electron chi connectivity index (χ2n) is 8.40. The number of fused-ring (bicyclic) bond motifs is 1. The number of imidazole rings is 1. The van der Waals surface area contributed by atoms with E-state index in [0.29, 0.717) is 34.1 Å². The third-order valence-corrected chi connectivity index (χ3v) is 5.82. The van der Waals surface area contributed by atoms with Gasteiger partial charge in [0.25, 0.3) is 11.8 Å². The molecule has 0 spiro atoms. The molecule has 0 fully saturated rings. The first-order valence-corrected chi connectivity index (χ1v) is 11.4. The number of hydrogen-bond acceptors (Lipinski definition) is 4. The van der Waals surface area contributed by atoms with Crippen LogP contribution in [-0.2, 0) is 0 Å². The Morgan fingerprint density at radius 1 is 0.750 bits per heavy atom. The summed E-state index contributed by atoms with van der Waals surface area (Å²) in [5, 5.41) is 5.82. The molecule has 0 atom stereocenters. The maximum Gasteiger partial charge on any atom is 0.255 e. The van der Waals surface area contributed by atoms with E-state index in [-0.39, 0.29) is 11.8 Å². The van der Waals surface area contributed by atoms with Gasteiger partial charge in [-0.3, -0.25) is 9.59 Å². The Morgan fingerprint density at radius 3 is 1.97 bits per heavy atom. The fraction of sp³-hybridized carbons (Fsp3) is 0.0690. The summed E-state index contributed by atoms with van der Waals surface area (Å²) in [5.41, 5.74) is 6.07. The fourth-order valence-electron chi connectivity index (χ4n) is 3.79. The Morgan fingerprint density at radius 2 is 1.33 bits per heavy atom. The van der Waals surface area contributed by atoms with Crippen molar-refractivity contribution in [2.75, 3.05) is 17.7 Å². The predicted molar refractivity (Wildman–Crippen MR) is 142 cm³/mol. The molecule has 1 aromatic heterocycles. The highest BCUT2D eigenvalue weighted by atomic mass is 16.5. The number of carbonyl (C=O) groups excluding carboxylic acids is 2. The molecule has 7 heteroatoms. The van der Waals surface area contributed by atoms with E-state index in [1.807, 2.05) is 61.5 Å². The Kier molecular flexibility index (Phi) is 6.19. The number of nitrogens with zero attached hydrogens (tertiary/aromatic N) is 1. The molecule has 4 aromatic carbocycles. The van der Waals surface area contributed by atoms with Gasteiger partial charge >= 0.3 is 0 Å². The van der Waals surface area contributed by atoms with Gasteiger partial charge in [0.1, 0.15) is 11.6 Å². The summed E-state index contributed by atoms with van der Waals surface area (Å²) in [6.07, 6.45) is 0. The van der Waals surface area contributed by atoms with E-state index >= 15 is 0 Å². The van der Waals surface area contributed by atoms with Crippen molar-refractivity contribution in [2.24, 2.45) is 0 Å². The average molecular weight is 477 g/mol. The molecule has 5 aromatic rings.